The van der Waals surface area contributed by atoms with Gasteiger partial charge in [0.15, 0.2) is 5.78 Å². The molecule has 1 aromatic heterocycles. The van der Waals surface area contributed by atoms with Gasteiger partial charge in [0.25, 0.3) is 0 Å². The number of fused-ring (bicyclic) bond motifs is 1. The topological polar surface area (TPSA) is 124 Å². The molecule has 1 saturated heterocycles. The normalized spacial score (nSPS) is 19.5. The van der Waals surface area contributed by atoms with Gasteiger partial charge in [-0.05, 0) is 43.4 Å². The molecule has 3 N–H and O–H groups in total. The maximum absolute atomic E-state index is 13.1. The van der Waals surface area contributed by atoms with Crippen LogP contribution in [0.15, 0.2) is 18.2 Å². The lowest BCUT2D eigenvalue weighted by Crippen LogP contribution is -2.40. The zero-order valence-electron chi connectivity index (χ0n) is 18.4. The SMILES string of the molecule is COc1c(Cl)ccc2[nH]c(C(=O)C[C@@H](CC3CC3)C(=O)N[C@H](C#N)C[C@@H]3CCNC3=O)cc12. The summed E-state index contributed by atoms with van der Waals surface area (Å²) in [6.07, 6.45) is 3.67. The van der Waals surface area contributed by atoms with Gasteiger partial charge in [-0.2, -0.15) is 5.26 Å². The van der Waals surface area contributed by atoms with Gasteiger partial charge >= 0.3 is 0 Å². The lowest BCUT2D eigenvalue weighted by Gasteiger charge is -2.19. The number of aromatic nitrogens is 1. The van der Waals surface area contributed by atoms with E-state index in [0.29, 0.717) is 47.2 Å². The smallest absolute Gasteiger partial charge is 0.224 e. The first kappa shape index (κ1) is 23.1. The quantitative estimate of drug-likeness (QED) is 0.459. The van der Waals surface area contributed by atoms with Gasteiger partial charge in [-0.15, -0.1) is 0 Å². The molecule has 0 bridgehead atoms. The van der Waals surface area contributed by atoms with E-state index in [1.165, 1.54) is 7.11 Å². The van der Waals surface area contributed by atoms with Crippen LogP contribution >= 0.6 is 11.6 Å². The first-order valence-corrected chi connectivity index (χ1v) is 11.6. The van der Waals surface area contributed by atoms with E-state index in [1.807, 2.05) is 0 Å². The number of carbonyl (C=O) groups is 3. The fourth-order valence-corrected chi connectivity index (χ4v) is 4.71. The highest BCUT2D eigenvalue weighted by atomic mass is 35.5. The lowest BCUT2D eigenvalue weighted by molar-refractivity contribution is -0.127. The second-order valence-corrected chi connectivity index (χ2v) is 9.34. The van der Waals surface area contributed by atoms with E-state index >= 15 is 0 Å². The summed E-state index contributed by atoms with van der Waals surface area (Å²) < 4.78 is 5.36. The Morgan fingerprint density at radius 3 is 2.73 bits per heavy atom. The van der Waals surface area contributed by atoms with Crippen molar-refractivity contribution in [3.05, 3.63) is 28.9 Å². The van der Waals surface area contributed by atoms with Gasteiger partial charge in [0.05, 0.1) is 23.9 Å². The van der Waals surface area contributed by atoms with Crippen molar-refractivity contribution in [1.29, 1.82) is 5.26 Å². The summed E-state index contributed by atoms with van der Waals surface area (Å²) in [5.74, 6) is -0.461. The fraction of sp³-hybridized carbons (Fsp3) is 0.500. The van der Waals surface area contributed by atoms with Gasteiger partial charge in [-0.1, -0.05) is 24.4 Å². The van der Waals surface area contributed by atoms with E-state index < -0.39 is 12.0 Å². The number of amides is 2. The molecule has 0 unspecified atom stereocenters. The number of nitriles is 1. The summed E-state index contributed by atoms with van der Waals surface area (Å²) in [5.41, 5.74) is 1.11. The molecule has 2 aromatic rings. The molecule has 0 radical (unpaired) electrons. The molecule has 1 saturated carbocycles. The summed E-state index contributed by atoms with van der Waals surface area (Å²) in [4.78, 5) is 41.1. The Morgan fingerprint density at radius 1 is 1.30 bits per heavy atom. The van der Waals surface area contributed by atoms with Crippen molar-refractivity contribution in [1.82, 2.24) is 15.6 Å². The zero-order valence-corrected chi connectivity index (χ0v) is 19.2. The second-order valence-electron chi connectivity index (χ2n) is 8.93. The molecule has 4 rings (SSSR count). The number of ketones is 1. The zero-order chi connectivity index (χ0) is 23.5. The number of ether oxygens (including phenoxy) is 1. The van der Waals surface area contributed by atoms with Crippen molar-refractivity contribution in [2.75, 3.05) is 13.7 Å². The third kappa shape index (κ3) is 5.31. The van der Waals surface area contributed by atoms with Crippen molar-refractivity contribution < 1.29 is 19.1 Å². The molecule has 9 heteroatoms. The number of H-pyrrole nitrogens is 1. The molecular weight excluding hydrogens is 444 g/mol. The molecule has 2 aliphatic rings. The van der Waals surface area contributed by atoms with E-state index in [4.69, 9.17) is 16.3 Å². The molecule has 8 nitrogen and oxygen atoms in total. The number of nitrogens with one attached hydrogen (secondary N) is 3. The third-order valence-corrected chi connectivity index (χ3v) is 6.78. The van der Waals surface area contributed by atoms with E-state index in [-0.39, 0.29) is 36.4 Å². The van der Waals surface area contributed by atoms with Crippen molar-refractivity contribution in [3.63, 3.8) is 0 Å². The molecule has 2 amide bonds. The highest BCUT2D eigenvalue weighted by molar-refractivity contribution is 6.33. The van der Waals surface area contributed by atoms with Crippen LogP contribution < -0.4 is 15.4 Å². The highest BCUT2D eigenvalue weighted by Gasteiger charge is 2.34. The molecule has 3 atom stereocenters. The lowest BCUT2D eigenvalue weighted by atomic mass is 9.93. The van der Waals surface area contributed by atoms with Crippen molar-refractivity contribution in [2.45, 2.75) is 44.6 Å². The fourth-order valence-electron chi connectivity index (χ4n) is 4.47. The number of carbonyl (C=O) groups excluding carboxylic acids is 3. The minimum absolute atomic E-state index is 0.0350. The van der Waals surface area contributed by atoms with Crippen LogP contribution in [0.25, 0.3) is 10.9 Å². The molecule has 2 fully saturated rings. The average molecular weight is 471 g/mol. The third-order valence-electron chi connectivity index (χ3n) is 6.48. The van der Waals surface area contributed by atoms with Crippen LogP contribution in [0.3, 0.4) is 0 Å². The van der Waals surface area contributed by atoms with E-state index in [1.54, 1.807) is 18.2 Å². The van der Waals surface area contributed by atoms with Gasteiger partial charge in [0, 0.05) is 35.7 Å². The Hall–Kier alpha value is -3.05. The molecule has 1 aliphatic heterocycles. The largest absolute Gasteiger partial charge is 0.494 e. The summed E-state index contributed by atoms with van der Waals surface area (Å²) in [6, 6.07) is 6.51. The average Bonchev–Trinajstić information content (AvgIpc) is 3.36. The van der Waals surface area contributed by atoms with Crippen LogP contribution in [0.2, 0.25) is 5.02 Å². The molecule has 1 aliphatic carbocycles. The first-order valence-electron chi connectivity index (χ1n) is 11.3. The van der Waals surface area contributed by atoms with Gasteiger partial charge in [-0.25, -0.2) is 0 Å². The number of hydrogen-bond acceptors (Lipinski definition) is 5. The summed E-state index contributed by atoms with van der Waals surface area (Å²) in [6.45, 7) is 0.592. The van der Waals surface area contributed by atoms with Crippen LogP contribution in [0.4, 0.5) is 0 Å². The standard InChI is InChI=1S/C24H27ClN4O4/c1-33-22-17-11-20(29-19(17)5-4-18(22)25)21(30)10-15(8-13-2-3-13)24(32)28-16(12-26)9-14-6-7-27-23(14)31/h4-5,11,13-16,29H,2-3,6-10H2,1H3,(H,27,31)(H,28,32)/t14-,15+,16-/m0/s1. The molecule has 2 heterocycles. The Labute approximate surface area is 197 Å². The molecular formula is C24H27ClN4O4. The Balaban J connectivity index is 1.46. The Morgan fingerprint density at radius 2 is 2.09 bits per heavy atom. The van der Waals surface area contributed by atoms with Crippen LogP contribution in [0.1, 0.15) is 49.0 Å². The van der Waals surface area contributed by atoms with Crippen LogP contribution in [-0.4, -0.2) is 42.3 Å². The highest BCUT2D eigenvalue weighted by Crippen LogP contribution is 2.37. The Bertz CT molecular complexity index is 1120. The van der Waals surface area contributed by atoms with Crippen molar-refractivity contribution >= 4 is 40.1 Å². The molecule has 174 valence electrons. The van der Waals surface area contributed by atoms with Crippen molar-refractivity contribution in [3.8, 4) is 11.8 Å². The first-order chi connectivity index (χ1) is 15.9. The predicted octanol–water partition coefficient (Wildman–Crippen LogP) is 3.35. The van der Waals surface area contributed by atoms with E-state index in [0.717, 1.165) is 18.4 Å². The minimum Gasteiger partial charge on any atom is -0.494 e. The van der Waals surface area contributed by atoms with Crippen LogP contribution in [0, 0.1) is 29.1 Å². The number of methoxy groups -OCH3 is 1. The number of Topliss-reactive ketones (excluding diaryl/α,β-unsaturated/α-hetero) is 1. The van der Waals surface area contributed by atoms with Gasteiger partial charge in [0.2, 0.25) is 11.8 Å². The Kier molecular flexibility index (Phi) is 6.89. The molecule has 1 aromatic carbocycles. The maximum Gasteiger partial charge on any atom is 0.224 e. The summed E-state index contributed by atoms with van der Waals surface area (Å²) in [7, 11) is 1.52. The number of benzene rings is 1. The predicted molar refractivity (Wildman–Crippen MR) is 123 cm³/mol. The molecule has 0 spiro atoms. The van der Waals surface area contributed by atoms with Crippen molar-refractivity contribution in [2.24, 2.45) is 17.8 Å². The van der Waals surface area contributed by atoms with Gasteiger partial charge in [-0.3, -0.25) is 14.4 Å². The van der Waals surface area contributed by atoms with Crippen LogP contribution in [-0.2, 0) is 9.59 Å². The van der Waals surface area contributed by atoms with Gasteiger partial charge in [0.1, 0.15) is 11.8 Å². The molecule has 33 heavy (non-hydrogen) atoms. The number of halogens is 1. The monoisotopic (exact) mass is 470 g/mol. The number of hydrogen-bond donors (Lipinski definition) is 3. The minimum atomic E-state index is -0.761. The maximum atomic E-state index is 13.1. The van der Waals surface area contributed by atoms with E-state index in [9.17, 15) is 19.6 Å². The number of aromatic amines is 1. The van der Waals surface area contributed by atoms with Crippen LogP contribution in [0.5, 0.6) is 5.75 Å². The number of nitrogens with zero attached hydrogens (tertiary/aromatic N) is 1. The number of rotatable bonds is 10. The summed E-state index contributed by atoms with van der Waals surface area (Å²) >= 11 is 6.19. The second kappa shape index (κ2) is 9.84. The van der Waals surface area contributed by atoms with E-state index in [2.05, 4.69) is 21.7 Å². The van der Waals surface area contributed by atoms with Gasteiger partial charge < -0.3 is 20.4 Å². The summed E-state index contributed by atoms with van der Waals surface area (Å²) in [5, 5.41) is 16.2.